The summed E-state index contributed by atoms with van der Waals surface area (Å²) in [6, 6.07) is 7.56. The zero-order valence-corrected chi connectivity index (χ0v) is 14.6. The van der Waals surface area contributed by atoms with Gasteiger partial charge in [0.15, 0.2) is 0 Å². The van der Waals surface area contributed by atoms with Gasteiger partial charge >= 0.3 is 0 Å². The summed E-state index contributed by atoms with van der Waals surface area (Å²) in [5.74, 6) is 0.00782. The number of nitrogens with zero attached hydrogens (tertiary/aromatic N) is 2. The first-order valence-corrected chi connectivity index (χ1v) is 8.66. The van der Waals surface area contributed by atoms with Crippen LogP contribution in [0.15, 0.2) is 40.9 Å². The lowest BCUT2D eigenvalue weighted by Gasteiger charge is -2.26. The van der Waals surface area contributed by atoms with Gasteiger partial charge in [0, 0.05) is 24.4 Å². The fraction of sp³-hybridized carbons (Fsp3) is 0.368. The molecule has 0 radical (unpaired) electrons. The molecule has 0 bridgehead atoms. The predicted molar refractivity (Wildman–Crippen MR) is 95.8 cm³/mol. The first-order valence-electron chi connectivity index (χ1n) is 8.66. The van der Waals surface area contributed by atoms with Crippen LogP contribution in [0.2, 0.25) is 0 Å². The van der Waals surface area contributed by atoms with Crippen LogP contribution in [-0.2, 0) is 16.0 Å². The molecule has 0 saturated carbocycles. The lowest BCUT2D eigenvalue weighted by Crippen LogP contribution is -2.46. The van der Waals surface area contributed by atoms with E-state index in [9.17, 15) is 9.59 Å². The van der Waals surface area contributed by atoms with Gasteiger partial charge in [0.25, 0.3) is 0 Å². The van der Waals surface area contributed by atoms with Crippen molar-refractivity contribution < 1.29 is 14.1 Å². The van der Waals surface area contributed by atoms with E-state index in [0.29, 0.717) is 31.0 Å². The Labute approximate surface area is 151 Å². The summed E-state index contributed by atoms with van der Waals surface area (Å²) < 4.78 is 5.23. The van der Waals surface area contributed by atoms with Crippen LogP contribution < -0.4 is 11.1 Å². The molecule has 1 aliphatic carbocycles. The van der Waals surface area contributed by atoms with Gasteiger partial charge in [0.1, 0.15) is 0 Å². The number of allylic oxidation sites excluding steroid dienone is 1. The van der Waals surface area contributed by atoms with Gasteiger partial charge in [0.2, 0.25) is 23.5 Å². The van der Waals surface area contributed by atoms with Gasteiger partial charge in [0.05, 0.1) is 5.92 Å². The Morgan fingerprint density at radius 2 is 2.12 bits per heavy atom. The number of carbonyl (C=O) groups is 2. The number of aryl methyl sites for hydroxylation is 2. The van der Waals surface area contributed by atoms with E-state index in [-0.39, 0.29) is 30.2 Å². The van der Waals surface area contributed by atoms with Crippen molar-refractivity contribution in [2.75, 3.05) is 0 Å². The lowest BCUT2D eigenvalue weighted by atomic mass is 9.88. The van der Waals surface area contributed by atoms with E-state index in [2.05, 4.69) is 15.5 Å². The summed E-state index contributed by atoms with van der Waals surface area (Å²) in [6.07, 6.45) is 5.59. The molecule has 0 unspecified atom stereocenters. The van der Waals surface area contributed by atoms with E-state index >= 15 is 0 Å². The molecule has 0 spiro atoms. The van der Waals surface area contributed by atoms with Gasteiger partial charge in [-0.1, -0.05) is 41.1 Å². The summed E-state index contributed by atoms with van der Waals surface area (Å²) in [4.78, 5) is 28.0. The molecule has 2 atom stereocenters. The first kappa shape index (κ1) is 17.8. The van der Waals surface area contributed by atoms with E-state index in [1.165, 1.54) is 0 Å². The van der Waals surface area contributed by atoms with Crippen LogP contribution in [0.5, 0.6) is 0 Å². The van der Waals surface area contributed by atoms with Crippen LogP contribution in [0.3, 0.4) is 0 Å². The van der Waals surface area contributed by atoms with Crippen molar-refractivity contribution in [1.82, 2.24) is 15.5 Å². The van der Waals surface area contributed by atoms with Gasteiger partial charge in [-0.25, -0.2) is 0 Å². The second kappa shape index (κ2) is 7.95. The smallest absolute Gasteiger partial charge is 0.227 e. The standard InChI is InChI=1S/C19H22N4O3/c1-12-5-4-6-13(11-12)19-22-17(26-23-19)10-9-16(24)21-15-8-3-2-7-14(15)18(20)25/h2-6,11,14-15H,7-10H2,1H3,(H2,20,25)(H,21,24)/t14-,15-/m1/s1. The van der Waals surface area contributed by atoms with Crippen LogP contribution in [0.4, 0.5) is 0 Å². The molecule has 0 saturated heterocycles. The minimum absolute atomic E-state index is 0.160. The quantitative estimate of drug-likeness (QED) is 0.770. The third-order valence-electron chi connectivity index (χ3n) is 4.45. The highest BCUT2D eigenvalue weighted by atomic mass is 16.5. The van der Waals surface area contributed by atoms with E-state index in [1.54, 1.807) is 0 Å². The van der Waals surface area contributed by atoms with Crippen LogP contribution in [0.25, 0.3) is 11.4 Å². The zero-order valence-electron chi connectivity index (χ0n) is 14.6. The molecule has 1 heterocycles. The van der Waals surface area contributed by atoms with Crippen LogP contribution in [-0.4, -0.2) is 28.0 Å². The Kier molecular flexibility index (Phi) is 5.46. The van der Waals surface area contributed by atoms with Crippen LogP contribution >= 0.6 is 0 Å². The molecule has 2 aromatic rings. The topological polar surface area (TPSA) is 111 Å². The molecule has 7 heteroatoms. The van der Waals surface area contributed by atoms with Gasteiger partial charge in [-0.15, -0.1) is 0 Å². The number of aromatic nitrogens is 2. The maximum atomic E-state index is 12.2. The number of hydrogen-bond acceptors (Lipinski definition) is 5. The Balaban J connectivity index is 1.55. The first-order chi connectivity index (χ1) is 12.5. The number of hydrogen-bond donors (Lipinski definition) is 2. The van der Waals surface area contributed by atoms with Gasteiger partial charge in [-0.3, -0.25) is 9.59 Å². The van der Waals surface area contributed by atoms with Crippen molar-refractivity contribution in [2.24, 2.45) is 11.7 Å². The Morgan fingerprint density at radius 3 is 2.88 bits per heavy atom. The monoisotopic (exact) mass is 354 g/mol. The van der Waals surface area contributed by atoms with Crippen molar-refractivity contribution in [3.05, 3.63) is 47.9 Å². The van der Waals surface area contributed by atoms with Crippen molar-refractivity contribution in [3.8, 4) is 11.4 Å². The van der Waals surface area contributed by atoms with Crippen LogP contribution in [0, 0.1) is 12.8 Å². The molecular weight excluding hydrogens is 332 g/mol. The van der Waals surface area contributed by atoms with E-state index < -0.39 is 0 Å². The Bertz CT molecular complexity index is 828. The van der Waals surface area contributed by atoms with E-state index in [1.807, 2.05) is 43.3 Å². The highest BCUT2D eigenvalue weighted by Crippen LogP contribution is 2.20. The highest BCUT2D eigenvalue weighted by Gasteiger charge is 2.28. The molecule has 3 rings (SSSR count). The number of amides is 2. The second-order valence-corrected chi connectivity index (χ2v) is 6.51. The molecule has 2 amide bonds. The molecule has 1 aromatic heterocycles. The van der Waals surface area contributed by atoms with E-state index in [0.717, 1.165) is 11.1 Å². The summed E-state index contributed by atoms with van der Waals surface area (Å²) in [7, 11) is 0. The fourth-order valence-corrected chi connectivity index (χ4v) is 3.05. The number of rotatable bonds is 6. The highest BCUT2D eigenvalue weighted by molar-refractivity contribution is 5.81. The van der Waals surface area contributed by atoms with Crippen molar-refractivity contribution in [1.29, 1.82) is 0 Å². The zero-order chi connectivity index (χ0) is 18.5. The number of primary amides is 1. The third-order valence-corrected chi connectivity index (χ3v) is 4.45. The minimum atomic E-state index is -0.389. The maximum absolute atomic E-state index is 12.2. The van der Waals surface area contributed by atoms with Crippen molar-refractivity contribution in [3.63, 3.8) is 0 Å². The summed E-state index contributed by atoms with van der Waals surface area (Å²) in [5, 5.41) is 6.85. The van der Waals surface area contributed by atoms with Crippen molar-refractivity contribution >= 4 is 11.8 Å². The van der Waals surface area contributed by atoms with Crippen LogP contribution in [0.1, 0.15) is 30.7 Å². The molecule has 0 aliphatic heterocycles. The number of benzene rings is 1. The predicted octanol–water partition coefficient (Wildman–Crippen LogP) is 1.91. The average molecular weight is 354 g/mol. The summed E-state index contributed by atoms with van der Waals surface area (Å²) >= 11 is 0. The number of nitrogens with one attached hydrogen (secondary N) is 1. The number of nitrogens with two attached hydrogens (primary N) is 1. The SMILES string of the molecule is Cc1cccc(-c2noc(CCC(=O)N[C@@H]3CC=CC[C@H]3C(N)=O)n2)c1. The molecular formula is C19H22N4O3. The normalized spacial score (nSPS) is 19.3. The fourth-order valence-electron chi connectivity index (χ4n) is 3.05. The number of carbonyl (C=O) groups excluding carboxylic acids is 2. The Morgan fingerprint density at radius 1 is 1.31 bits per heavy atom. The molecule has 1 aromatic carbocycles. The molecule has 26 heavy (non-hydrogen) atoms. The third kappa shape index (κ3) is 4.36. The largest absolute Gasteiger partial charge is 0.369 e. The minimum Gasteiger partial charge on any atom is -0.369 e. The lowest BCUT2D eigenvalue weighted by molar-refractivity contribution is -0.125. The van der Waals surface area contributed by atoms with Gasteiger partial charge in [-0.2, -0.15) is 4.98 Å². The van der Waals surface area contributed by atoms with Gasteiger partial charge in [-0.05, 0) is 25.8 Å². The summed E-state index contributed by atoms with van der Waals surface area (Å²) in [5.41, 5.74) is 7.40. The second-order valence-electron chi connectivity index (χ2n) is 6.51. The molecule has 3 N–H and O–H groups in total. The van der Waals surface area contributed by atoms with Crippen molar-refractivity contribution in [2.45, 2.75) is 38.6 Å². The maximum Gasteiger partial charge on any atom is 0.227 e. The summed E-state index contributed by atoms with van der Waals surface area (Å²) in [6.45, 7) is 1.99. The molecule has 1 aliphatic rings. The molecule has 7 nitrogen and oxygen atoms in total. The molecule has 0 fully saturated rings. The average Bonchev–Trinajstić information content (AvgIpc) is 3.09. The van der Waals surface area contributed by atoms with Gasteiger partial charge < -0.3 is 15.6 Å². The van der Waals surface area contributed by atoms with E-state index in [4.69, 9.17) is 10.3 Å². The Hall–Kier alpha value is -2.96. The molecule has 136 valence electrons.